The molecule has 1 aromatic carbocycles. The summed E-state index contributed by atoms with van der Waals surface area (Å²) in [6, 6.07) is 3.98. The van der Waals surface area contributed by atoms with Crippen molar-refractivity contribution in [2.24, 2.45) is 5.92 Å². The molecule has 1 saturated heterocycles. The van der Waals surface area contributed by atoms with Crippen LogP contribution in [0.1, 0.15) is 40.7 Å². The molecule has 0 radical (unpaired) electrons. The van der Waals surface area contributed by atoms with Gasteiger partial charge in [-0.1, -0.05) is 22.0 Å². The van der Waals surface area contributed by atoms with Crippen molar-refractivity contribution in [1.82, 2.24) is 5.32 Å². The number of carbonyl (C=O) groups excluding carboxylic acids is 1. The van der Waals surface area contributed by atoms with Crippen LogP contribution in [-0.4, -0.2) is 19.1 Å². The quantitative estimate of drug-likeness (QED) is 0.839. The van der Waals surface area contributed by atoms with Crippen LogP contribution in [0.15, 0.2) is 16.6 Å². The van der Waals surface area contributed by atoms with Crippen LogP contribution in [0.5, 0.6) is 0 Å². The predicted octanol–water partition coefficient (Wildman–Crippen LogP) is 3.47. The number of benzene rings is 1. The molecule has 110 valence electrons. The predicted molar refractivity (Wildman–Crippen MR) is 84.4 cm³/mol. The van der Waals surface area contributed by atoms with E-state index in [-0.39, 0.29) is 18.4 Å². The molecule has 1 aromatic rings. The van der Waals surface area contributed by atoms with E-state index in [1.165, 1.54) is 24.8 Å². The molecule has 2 aliphatic rings. The van der Waals surface area contributed by atoms with Crippen LogP contribution in [0.3, 0.4) is 0 Å². The monoisotopic (exact) mass is 359 g/mol. The van der Waals surface area contributed by atoms with E-state index in [2.05, 4.69) is 27.3 Å². The minimum Gasteiger partial charge on any atom is -0.457 e. The summed E-state index contributed by atoms with van der Waals surface area (Å²) in [7, 11) is 0. The fraction of sp³-hybridized carbons (Fsp3) is 0.533. The number of fused-ring (bicyclic) bond motifs is 1. The summed E-state index contributed by atoms with van der Waals surface area (Å²) in [5.74, 6) is 0.639. The Bertz CT molecular complexity index is 501. The van der Waals surface area contributed by atoms with Gasteiger partial charge in [-0.15, -0.1) is 12.4 Å². The summed E-state index contributed by atoms with van der Waals surface area (Å²) in [6.07, 6.45) is 4.87. The number of carbonyl (C=O) groups is 1. The zero-order valence-electron chi connectivity index (χ0n) is 11.3. The van der Waals surface area contributed by atoms with Crippen LogP contribution in [0.25, 0.3) is 0 Å². The number of piperidine rings is 1. The Morgan fingerprint density at radius 3 is 2.80 bits per heavy atom. The van der Waals surface area contributed by atoms with Gasteiger partial charge in [-0.3, -0.25) is 0 Å². The molecule has 0 unspecified atom stereocenters. The highest BCUT2D eigenvalue weighted by Gasteiger charge is 2.24. The molecule has 0 aliphatic carbocycles. The van der Waals surface area contributed by atoms with Crippen molar-refractivity contribution in [1.29, 1.82) is 0 Å². The summed E-state index contributed by atoms with van der Waals surface area (Å²) < 4.78 is 6.15. The molecular weight excluding hydrogens is 342 g/mol. The van der Waals surface area contributed by atoms with E-state index < -0.39 is 0 Å². The lowest BCUT2D eigenvalue weighted by Crippen LogP contribution is -2.27. The maximum atomic E-state index is 11.5. The third-order valence-corrected chi connectivity index (χ3v) is 5.16. The van der Waals surface area contributed by atoms with Crippen molar-refractivity contribution in [3.8, 4) is 0 Å². The summed E-state index contributed by atoms with van der Waals surface area (Å²) in [4.78, 5) is 11.5. The van der Waals surface area contributed by atoms with Gasteiger partial charge in [-0.05, 0) is 56.3 Å². The Labute approximate surface area is 134 Å². The smallest absolute Gasteiger partial charge is 0.338 e. The first-order valence-electron chi connectivity index (χ1n) is 6.94. The second-order valence-corrected chi connectivity index (χ2v) is 6.17. The molecule has 0 spiro atoms. The standard InChI is InChI=1S/C15H18BrNO2.ClH/c16-14-11(2-1-10-5-7-17-8-6-10)3-4-12-13(14)9-19-15(12)18;/h3-4,10,17H,1-2,5-9H2;1H. The average molecular weight is 361 g/mol. The Kier molecular flexibility index (Phi) is 5.47. The third kappa shape index (κ3) is 3.18. The van der Waals surface area contributed by atoms with Gasteiger partial charge in [0, 0.05) is 10.0 Å². The molecule has 5 heteroatoms. The maximum Gasteiger partial charge on any atom is 0.338 e. The summed E-state index contributed by atoms with van der Waals surface area (Å²) in [6.45, 7) is 2.71. The first-order valence-corrected chi connectivity index (χ1v) is 7.73. The van der Waals surface area contributed by atoms with E-state index in [0.717, 1.165) is 41.0 Å². The number of cyclic esters (lactones) is 1. The van der Waals surface area contributed by atoms with Gasteiger partial charge in [0.15, 0.2) is 0 Å². The molecule has 3 nitrogen and oxygen atoms in total. The summed E-state index contributed by atoms with van der Waals surface area (Å²) >= 11 is 3.64. The largest absolute Gasteiger partial charge is 0.457 e. The van der Waals surface area contributed by atoms with E-state index in [0.29, 0.717) is 6.61 Å². The number of nitrogens with one attached hydrogen (secondary N) is 1. The van der Waals surface area contributed by atoms with Crippen LogP contribution in [-0.2, 0) is 17.8 Å². The Morgan fingerprint density at radius 2 is 2.05 bits per heavy atom. The Morgan fingerprint density at radius 1 is 1.30 bits per heavy atom. The van der Waals surface area contributed by atoms with Gasteiger partial charge in [0.05, 0.1) is 5.56 Å². The molecule has 1 fully saturated rings. The van der Waals surface area contributed by atoms with Gasteiger partial charge in [-0.25, -0.2) is 4.79 Å². The van der Waals surface area contributed by atoms with Crippen molar-refractivity contribution in [3.05, 3.63) is 33.3 Å². The number of hydrogen-bond donors (Lipinski definition) is 1. The number of aryl methyl sites for hydroxylation is 1. The highest BCUT2D eigenvalue weighted by atomic mass is 79.9. The minimum absolute atomic E-state index is 0. The summed E-state index contributed by atoms with van der Waals surface area (Å²) in [5, 5.41) is 3.40. The van der Waals surface area contributed by atoms with Gasteiger partial charge < -0.3 is 10.1 Å². The second-order valence-electron chi connectivity index (χ2n) is 5.37. The fourth-order valence-corrected chi connectivity index (χ4v) is 3.60. The molecule has 0 bridgehead atoms. The van der Waals surface area contributed by atoms with Crippen molar-refractivity contribution >= 4 is 34.3 Å². The highest BCUT2D eigenvalue weighted by Crippen LogP contribution is 2.32. The van der Waals surface area contributed by atoms with E-state index in [1.807, 2.05) is 6.07 Å². The van der Waals surface area contributed by atoms with Crippen LogP contribution >= 0.6 is 28.3 Å². The van der Waals surface area contributed by atoms with E-state index in [4.69, 9.17) is 4.74 Å². The number of rotatable bonds is 3. The van der Waals surface area contributed by atoms with Gasteiger partial charge in [0.2, 0.25) is 0 Å². The van der Waals surface area contributed by atoms with Gasteiger partial charge in [-0.2, -0.15) is 0 Å². The average Bonchev–Trinajstić information content (AvgIpc) is 2.82. The van der Waals surface area contributed by atoms with Crippen molar-refractivity contribution in [2.45, 2.75) is 32.3 Å². The lowest BCUT2D eigenvalue weighted by Gasteiger charge is -2.22. The number of hydrogen-bond acceptors (Lipinski definition) is 3. The van der Waals surface area contributed by atoms with Crippen LogP contribution < -0.4 is 5.32 Å². The highest BCUT2D eigenvalue weighted by molar-refractivity contribution is 9.10. The zero-order valence-corrected chi connectivity index (χ0v) is 13.7. The van der Waals surface area contributed by atoms with E-state index >= 15 is 0 Å². The topological polar surface area (TPSA) is 38.3 Å². The molecular formula is C15H19BrClNO2. The molecule has 0 aromatic heterocycles. The first kappa shape index (κ1) is 15.8. The molecule has 3 rings (SSSR count). The van der Waals surface area contributed by atoms with E-state index in [1.54, 1.807) is 0 Å². The summed E-state index contributed by atoms with van der Waals surface area (Å²) in [5.41, 5.74) is 3.04. The lowest BCUT2D eigenvalue weighted by molar-refractivity contribution is 0.0535. The Balaban J connectivity index is 0.00000147. The molecule has 0 saturated carbocycles. The first-order chi connectivity index (χ1) is 9.25. The fourth-order valence-electron chi connectivity index (χ4n) is 2.94. The maximum absolute atomic E-state index is 11.5. The third-order valence-electron chi connectivity index (χ3n) is 4.17. The molecule has 2 heterocycles. The molecule has 0 amide bonds. The molecule has 2 aliphatic heterocycles. The Hall–Kier alpha value is -0.580. The number of halogens is 2. The number of esters is 1. The van der Waals surface area contributed by atoms with Gasteiger partial charge >= 0.3 is 5.97 Å². The number of ether oxygens (including phenoxy) is 1. The van der Waals surface area contributed by atoms with Gasteiger partial charge in [0.1, 0.15) is 6.61 Å². The van der Waals surface area contributed by atoms with Gasteiger partial charge in [0.25, 0.3) is 0 Å². The normalized spacial score (nSPS) is 18.4. The van der Waals surface area contributed by atoms with Crippen LogP contribution in [0, 0.1) is 5.92 Å². The molecule has 1 N–H and O–H groups in total. The van der Waals surface area contributed by atoms with Crippen molar-refractivity contribution in [3.63, 3.8) is 0 Å². The minimum atomic E-state index is -0.194. The van der Waals surface area contributed by atoms with Crippen LogP contribution in [0.2, 0.25) is 0 Å². The van der Waals surface area contributed by atoms with Crippen molar-refractivity contribution < 1.29 is 9.53 Å². The van der Waals surface area contributed by atoms with E-state index in [9.17, 15) is 4.79 Å². The van der Waals surface area contributed by atoms with Crippen LogP contribution in [0.4, 0.5) is 0 Å². The lowest BCUT2D eigenvalue weighted by atomic mass is 9.91. The van der Waals surface area contributed by atoms with Crippen molar-refractivity contribution in [2.75, 3.05) is 13.1 Å². The SMILES string of the molecule is Cl.O=C1OCc2c1ccc(CCC1CCNCC1)c2Br. The second kappa shape index (κ2) is 6.92. The molecule has 20 heavy (non-hydrogen) atoms. The molecule has 0 atom stereocenters. The zero-order chi connectivity index (χ0) is 13.2.